The minimum atomic E-state index is -0.692. The number of rotatable bonds is 6. The third-order valence-corrected chi connectivity index (χ3v) is 3.98. The number of carbonyl (C=O) groups is 1. The van der Waals surface area contributed by atoms with Crippen LogP contribution in [-0.2, 0) is 4.79 Å². The molecule has 16 heavy (non-hydrogen) atoms. The molecule has 1 aliphatic rings. The molecule has 0 amide bonds. The molecule has 3 N–H and O–H groups in total. The second kappa shape index (κ2) is 6.24. The predicted molar refractivity (Wildman–Crippen MR) is 65.2 cm³/mol. The van der Waals surface area contributed by atoms with Gasteiger partial charge in [0.15, 0.2) is 0 Å². The van der Waals surface area contributed by atoms with Crippen molar-refractivity contribution in [3.8, 4) is 0 Å². The van der Waals surface area contributed by atoms with E-state index in [4.69, 9.17) is 5.73 Å². The van der Waals surface area contributed by atoms with Crippen LogP contribution in [-0.4, -0.2) is 17.6 Å². The minimum Gasteiger partial charge on any atom is -0.481 e. The van der Waals surface area contributed by atoms with E-state index in [2.05, 4.69) is 0 Å². The fraction of sp³-hybridized carbons (Fsp3) is 0.923. The highest BCUT2D eigenvalue weighted by atomic mass is 16.4. The molecule has 0 bridgehead atoms. The van der Waals surface area contributed by atoms with Gasteiger partial charge in [-0.15, -0.1) is 0 Å². The molecule has 0 aromatic carbocycles. The molecule has 1 unspecified atom stereocenters. The average Bonchev–Trinajstić information content (AvgIpc) is 2.29. The number of hydrogen-bond acceptors (Lipinski definition) is 2. The van der Waals surface area contributed by atoms with E-state index < -0.39 is 11.4 Å². The average molecular weight is 227 g/mol. The molecule has 1 rings (SSSR count). The Morgan fingerprint density at radius 3 is 2.44 bits per heavy atom. The maximum Gasteiger partial charge on any atom is 0.310 e. The third kappa shape index (κ3) is 3.21. The van der Waals surface area contributed by atoms with Crippen LogP contribution in [0.1, 0.15) is 58.3 Å². The Labute approximate surface area is 98.4 Å². The zero-order chi connectivity index (χ0) is 12.0. The maximum atomic E-state index is 11.4. The van der Waals surface area contributed by atoms with Crippen molar-refractivity contribution >= 4 is 5.97 Å². The Morgan fingerprint density at radius 2 is 2.00 bits per heavy atom. The zero-order valence-corrected chi connectivity index (χ0v) is 10.4. The molecule has 0 aliphatic heterocycles. The maximum absolute atomic E-state index is 11.4. The van der Waals surface area contributed by atoms with Crippen LogP contribution in [0.15, 0.2) is 0 Å². The Hall–Kier alpha value is -0.570. The van der Waals surface area contributed by atoms with Crippen molar-refractivity contribution in [2.45, 2.75) is 58.3 Å². The molecule has 1 fully saturated rings. The molecule has 3 nitrogen and oxygen atoms in total. The predicted octanol–water partition coefficient (Wildman–Crippen LogP) is 2.79. The van der Waals surface area contributed by atoms with Crippen molar-refractivity contribution in [3.63, 3.8) is 0 Å². The van der Waals surface area contributed by atoms with Crippen molar-refractivity contribution in [2.75, 3.05) is 6.54 Å². The molecule has 0 spiro atoms. The summed E-state index contributed by atoms with van der Waals surface area (Å²) in [5, 5.41) is 9.41. The summed E-state index contributed by atoms with van der Waals surface area (Å²) in [6, 6.07) is 0. The van der Waals surface area contributed by atoms with Gasteiger partial charge in [0.05, 0.1) is 5.41 Å². The van der Waals surface area contributed by atoms with Gasteiger partial charge in [-0.1, -0.05) is 45.4 Å². The van der Waals surface area contributed by atoms with Crippen molar-refractivity contribution in [1.29, 1.82) is 0 Å². The fourth-order valence-electron chi connectivity index (χ4n) is 2.99. The normalized spacial score (nSPS) is 21.6. The van der Waals surface area contributed by atoms with Crippen LogP contribution in [0, 0.1) is 11.3 Å². The van der Waals surface area contributed by atoms with Crippen molar-refractivity contribution in [2.24, 2.45) is 17.1 Å². The lowest BCUT2D eigenvalue weighted by atomic mass is 9.72. The van der Waals surface area contributed by atoms with E-state index in [1.807, 2.05) is 6.92 Å². The minimum absolute atomic E-state index is 0.284. The lowest BCUT2D eigenvalue weighted by molar-refractivity contribution is -0.150. The second-order valence-corrected chi connectivity index (χ2v) is 5.25. The molecule has 0 heterocycles. The molecule has 1 aliphatic carbocycles. The van der Waals surface area contributed by atoms with Crippen molar-refractivity contribution in [1.82, 2.24) is 0 Å². The van der Waals surface area contributed by atoms with Gasteiger partial charge in [-0.2, -0.15) is 0 Å². The van der Waals surface area contributed by atoms with Crippen LogP contribution >= 0.6 is 0 Å². The zero-order valence-electron chi connectivity index (χ0n) is 10.4. The van der Waals surface area contributed by atoms with Gasteiger partial charge in [0.2, 0.25) is 0 Å². The van der Waals surface area contributed by atoms with E-state index in [9.17, 15) is 9.90 Å². The van der Waals surface area contributed by atoms with E-state index in [1.165, 1.54) is 32.1 Å². The van der Waals surface area contributed by atoms with Gasteiger partial charge in [0.1, 0.15) is 0 Å². The van der Waals surface area contributed by atoms with Crippen molar-refractivity contribution < 1.29 is 9.90 Å². The van der Waals surface area contributed by atoms with E-state index in [0.717, 1.165) is 19.3 Å². The number of aliphatic carboxylic acids is 1. The van der Waals surface area contributed by atoms with E-state index in [0.29, 0.717) is 5.92 Å². The van der Waals surface area contributed by atoms with Gasteiger partial charge in [-0.3, -0.25) is 4.79 Å². The molecule has 1 saturated carbocycles. The lowest BCUT2D eigenvalue weighted by Gasteiger charge is -2.33. The van der Waals surface area contributed by atoms with Crippen LogP contribution in [0.5, 0.6) is 0 Å². The molecule has 1 atom stereocenters. The van der Waals surface area contributed by atoms with Gasteiger partial charge in [0.25, 0.3) is 0 Å². The van der Waals surface area contributed by atoms with Gasteiger partial charge < -0.3 is 10.8 Å². The molecule has 94 valence electrons. The summed E-state index contributed by atoms with van der Waals surface area (Å²) < 4.78 is 0. The quantitative estimate of drug-likeness (QED) is 0.733. The summed E-state index contributed by atoms with van der Waals surface area (Å²) in [5.41, 5.74) is 5.08. The lowest BCUT2D eigenvalue weighted by Crippen LogP contribution is -2.40. The van der Waals surface area contributed by atoms with Gasteiger partial charge in [-0.25, -0.2) is 0 Å². The first-order chi connectivity index (χ1) is 7.64. The Balaban J connectivity index is 2.63. The molecule has 0 aromatic heterocycles. The largest absolute Gasteiger partial charge is 0.481 e. The van der Waals surface area contributed by atoms with Crippen LogP contribution in [0.25, 0.3) is 0 Å². The monoisotopic (exact) mass is 227 g/mol. The van der Waals surface area contributed by atoms with Gasteiger partial charge in [0, 0.05) is 6.54 Å². The van der Waals surface area contributed by atoms with E-state index in [-0.39, 0.29) is 6.54 Å². The molecule has 3 heteroatoms. The molecular weight excluding hydrogens is 202 g/mol. The fourth-order valence-corrected chi connectivity index (χ4v) is 2.99. The number of carboxylic acid groups (broad SMARTS) is 1. The summed E-state index contributed by atoms with van der Waals surface area (Å²) in [5.74, 6) is -0.109. The number of hydrogen-bond donors (Lipinski definition) is 2. The molecule has 0 saturated heterocycles. The summed E-state index contributed by atoms with van der Waals surface area (Å²) in [7, 11) is 0. The Bertz CT molecular complexity index is 224. The molecular formula is C13H25NO2. The van der Waals surface area contributed by atoms with Crippen LogP contribution in [0.2, 0.25) is 0 Å². The highest BCUT2D eigenvalue weighted by Crippen LogP contribution is 2.37. The van der Waals surface area contributed by atoms with E-state index >= 15 is 0 Å². The van der Waals surface area contributed by atoms with Crippen LogP contribution in [0.3, 0.4) is 0 Å². The standard InChI is InChI=1S/C13H25NO2/c1-2-8-13(10-14,12(15)16)9-11-6-4-3-5-7-11/h11H,2-10,14H2,1H3,(H,15,16). The summed E-state index contributed by atoms with van der Waals surface area (Å²) in [6.45, 7) is 2.32. The third-order valence-electron chi connectivity index (χ3n) is 3.98. The van der Waals surface area contributed by atoms with Crippen LogP contribution in [0.4, 0.5) is 0 Å². The highest BCUT2D eigenvalue weighted by Gasteiger charge is 2.38. The van der Waals surface area contributed by atoms with Crippen LogP contribution < -0.4 is 5.73 Å². The summed E-state index contributed by atoms with van der Waals surface area (Å²) in [6.07, 6.45) is 8.62. The SMILES string of the molecule is CCCC(CN)(CC1CCCCC1)C(=O)O. The summed E-state index contributed by atoms with van der Waals surface area (Å²) >= 11 is 0. The Kier molecular flexibility index (Phi) is 5.26. The first-order valence-electron chi connectivity index (χ1n) is 6.58. The topological polar surface area (TPSA) is 63.3 Å². The Morgan fingerprint density at radius 1 is 1.38 bits per heavy atom. The van der Waals surface area contributed by atoms with Crippen molar-refractivity contribution in [3.05, 3.63) is 0 Å². The molecule has 0 radical (unpaired) electrons. The first-order valence-corrected chi connectivity index (χ1v) is 6.58. The van der Waals surface area contributed by atoms with Gasteiger partial charge >= 0.3 is 5.97 Å². The van der Waals surface area contributed by atoms with E-state index in [1.54, 1.807) is 0 Å². The summed E-state index contributed by atoms with van der Waals surface area (Å²) in [4.78, 5) is 11.4. The highest BCUT2D eigenvalue weighted by molar-refractivity contribution is 5.74. The first kappa shape index (κ1) is 13.5. The number of nitrogens with two attached hydrogens (primary N) is 1. The second-order valence-electron chi connectivity index (χ2n) is 5.25. The smallest absolute Gasteiger partial charge is 0.310 e. The number of carboxylic acids is 1. The van der Waals surface area contributed by atoms with Gasteiger partial charge in [-0.05, 0) is 18.8 Å². The molecule has 0 aromatic rings.